The molecule has 0 aliphatic rings. The van der Waals surface area contributed by atoms with Crippen LogP contribution >= 0.6 is 0 Å². The van der Waals surface area contributed by atoms with Crippen molar-refractivity contribution in [1.82, 2.24) is 9.97 Å². The van der Waals surface area contributed by atoms with Gasteiger partial charge in [-0.1, -0.05) is 48.5 Å². The van der Waals surface area contributed by atoms with Crippen molar-refractivity contribution in [3.05, 3.63) is 82.9 Å². The second-order valence-electron chi connectivity index (χ2n) is 4.66. The number of carbonyl (C=O) groups excluding carboxylic acids is 1. The molecule has 0 radical (unpaired) electrons. The number of amides is 1. The molecule has 0 fully saturated rings. The lowest BCUT2D eigenvalue weighted by atomic mass is 10.1. The minimum absolute atomic E-state index is 0.292. The van der Waals surface area contributed by atoms with Crippen molar-refractivity contribution >= 4 is 11.7 Å². The molecule has 0 atom stereocenters. The van der Waals surface area contributed by atoms with E-state index in [9.17, 15) is 9.59 Å². The molecule has 2 aromatic carbocycles. The Bertz CT molecular complexity index is 843. The monoisotopic (exact) mass is 291 g/mol. The Labute approximate surface area is 126 Å². The molecule has 0 spiro atoms. The summed E-state index contributed by atoms with van der Waals surface area (Å²) in [5, 5.41) is 2.73. The molecule has 0 saturated heterocycles. The van der Waals surface area contributed by atoms with E-state index in [4.69, 9.17) is 0 Å². The van der Waals surface area contributed by atoms with E-state index in [0.717, 1.165) is 5.56 Å². The SMILES string of the molecule is O=C(Nc1[nH]c(=O)ncc1-c1ccccc1)c1ccccc1. The molecule has 5 heteroatoms. The highest BCUT2D eigenvalue weighted by atomic mass is 16.2. The fourth-order valence-electron chi connectivity index (χ4n) is 2.10. The van der Waals surface area contributed by atoms with Gasteiger partial charge in [-0.15, -0.1) is 0 Å². The number of benzene rings is 2. The second kappa shape index (κ2) is 6.05. The van der Waals surface area contributed by atoms with Crippen LogP contribution in [0.3, 0.4) is 0 Å². The van der Waals surface area contributed by atoms with Gasteiger partial charge in [0.2, 0.25) is 0 Å². The van der Waals surface area contributed by atoms with Crippen LogP contribution in [0.4, 0.5) is 5.82 Å². The summed E-state index contributed by atoms with van der Waals surface area (Å²) in [6.45, 7) is 0. The van der Waals surface area contributed by atoms with Crippen molar-refractivity contribution in [2.75, 3.05) is 5.32 Å². The largest absolute Gasteiger partial charge is 0.346 e. The van der Waals surface area contributed by atoms with Crippen LogP contribution in [0.15, 0.2) is 71.7 Å². The molecule has 3 aromatic rings. The van der Waals surface area contributed by atoms with E-state index in [2.05, 4.69) is 15.3 Å². The number of H-pyrrole nitrogens is 1. The number of aromatic nitrogens is 2. The molecule has 5 nitrogen and oxygen atoms in total. The van der Waals surface area contributed by atoms with Crippen molar-refractivity contribution in [1.29, 1.82) is 0 Å². The summed E-state index contributed by atoms with van der Waals surface area (Å²) >= 11 is 0. The molecule has 0 aliphatic carbocycles. The van der Waals surface area contributed by atoms with Gasteiger partial charge in [-0.3, -0.25) is 9.78 Å². The Morgan fingerprint density at radius 3 is 2.27 bits per heavy atom. The summed E-state index contributed by atoms with van der Waals surface area (Å²) in [5.41, 5.74) is 1.52. The van der Waals surface area contributed by atoms with Crippen LogP contribution in [0, 0.1) is 0 Å². The predicted octanol–water partition coefficient (Wildman–Crippen LogP) is 2.69. The van der Waals surface area contributed by atoms with Gasteiger partial charge in [0.05, 0.1) is 0 Å². The van der Waals surface area contributed by atoms with Crippen molar-refractivity contribution < 1.29 is 4.79 Å². The Kier molecular flexibility index (Phi) is 3.78. The molecule has 1 heterocycles. The highest BCUT2D eigenvalue weighted by Gasteiger charge is 2.11. The van der Waals surface area contributed by atoms with Crippen LogP contribution in [-0.4, -0.2) is 15.9 Å². The minimum atomic E-state index is -0.511. The maximum absolute atomic E-state index is 12.3. The van der Waals surface area contributed by atoms with Crippen molar-refractivity contribution in [2.45, 2.75) is 0 Å². The zero-order valence-corrected chi connectivity index (χ0v) is 11.6. The van der Waals surface area contributed by atoms with Crippen molar-refractivity contribution in [2.24, 2.45) is 0 Å². The van der Waals surface area contributed by atoms with Gasteiger partial charge in [0.25, 0.3) is 5.91 Å². The van der Waals surface area contributed by atoms with E-state index in [1.165, 1.54) is 6.20 Å². The first kappa shape index (κ1) is 13.8. The molecule has 108 valence electrons. The van der Waals surface area contributed by atoms with Gasteiger partial charge >= 0.3 is 5.69 Å². The predicted molar refractivity (Wildman–Crippen MR) is 84.7 cm³/mol. The normalized spacial score (nSPS) is 10.2. The first-order chi connectivity index (χ1) is 10.7. The molecule has 1 aromatic heterocycles. The van der Waals surface area contributed by atoms with Gasteiger partial charge in [0, 0.05) is 17.3 Å². The third-order valence-electron chi connectivity index (χ3n) is 3.17. The zero-order chi connectivity index (χ0) is 15.4. The summed E-state index contributed by atoms with van der Waals surface area (Å²) in [5.74, 6) is 0.0414. The smallest absolute Gasteiger partial charge is 0.307 e. The Morgan fingerprint density at radius 1 is 0.955 bits per heavy atom. The highest BCUT2D eigenvalue weighted by Crippen LogP contribution is 2.24. The molecule has 1 amide bonds. The number of hydrogen-bond donors (Lipinski definition) is 2. The number of rotatable bonds is 3. The summed E-state index contributed by atoms with van der Waals surface area (Å²) < 4.78 is 0. The Hall–Kier alpha value is -3.21. The van der Waals surface area contributed by atoms with Gasteiger partial charge in [-0.25, -0.2) is 9.78 Å². The van der Waals surface area contributed by atoms with E-state index < -0.39 is 5.69 Å². The van der Waals surface area contributed by atoms with Gasteiger partial charge in [-0.05, 0) is 17.7 Å². The van der Waals surface area contributed by atoms with Gasteiger partial charge in [-0.2, -0.15) is 0 Å². The molecule has 0 bridgehead atoms. The second-order valence-corrected chi connectivity index (χ2v) is 4.66. The number of aromatic amines is 1. The number of hydrogen-bond acceptors (Lipinski definition) is 3. The minimum Gasteiger partial charge on any atom is -0.307 e. The van der Waals surface area contributed by atoms with Crippen LogP contribution < -0.4 is 11.0 Å². The fourth-order valence-corrected chi connectivity index (χ4v) is 2.10. The van der Waals surface area contributed by atoms with E-state index >= 15 is 0 Å². The lowest BCUT2D eigenvalue weighted by Crippen LogP contribution is -2.19. The van der Waals surface area contributed by atoms with E-state index in [-0.39, 0.29) is 5.91 Å². The van der Waals surface area contributed by atoms with Crippen LogP contribution in [0.2, 0.25) is 0 Å². The lowest BCUT2D eigenvalue weighted by Gasteiger charge is -2.10. The highest BCUT2D eigenvalue weighted by molar-refractivity contribution is 6.05. The summed E-state index contributed by atoms with van der Waals surface area (Å²) in [7, 11) is 0. The molecule has 0 unspecified atom stereocenters. The summed E-state index contributed by atoms with van der Waals surface area (Å²) in [6.07, 6.45) is 1.45. The van der Waals surface area contributed by atoms with Crippen molar-refractivity contribution in [3.8, 4) is 11.1 Å². The molecule has 0 saturated carbocycles. The number of nitrogens with zero attached hydrogens (tertiary/aromatic N) is 1. The molecular weight excluding hydrogens is 278 g/mol. The third-order valence-corrected chi connectivity index (χ3v) is 3.17. The molecule has 0 aliphatic heterocycles. The van der Waals surface area contributed by atoms with Gasteiger partial charge < -0.3 is 5.32 Å². The van der Waals surface area contributed by atoms with Gasteiger partial charge in [0.15, 0.2) is 0 Å². The quantitative estimate of drug-likeness (QED) is 0.779. The van der Waals surface area contributed by atoms with Crippen molar-refractivity contribution in [3.63, 3.8) is 0 Å². The third kappa shape index (κ3) is 2.93. The maximum atomic E-state index is 12.3. The van der Waals surface area contributed by atoms with Crippen LogP contribution in [0.5, 0.6) is 0 Å². The molecule has 22 heavy (non-hydrogen) atoms. The van der Waals surface area contributed by atoms with Gasteiger partial charge in [0.1, 0.15) is 5.82 Å². The number of anilines is 1. The van der Waals surface area contributed by atoms with Crippen LogP contribution in [0.1, 0.15) is 10.4 Å². The maximum Gasteiger partial charge on any atom is 0.346 e. The van der Waals surface area contributed by atoms with Crippen LogP contribution in [0.25, 0.3) is 11.1 Å². The van der Waals surface area contributed by atoms with Crippen LogP contribution in [-0.2, 0) is 0 Å². The number of nitrogens with one attached hydrogen (secondary N) is 2. The first-order valence-electron chi connectivity index (χ1n) is 6.75. The Morgan fingerprint density at radius 2 is 1.59 bits per heavy atom. The summed E-state index contributed by atoms with van der Waals surface area (Å²) in [4.78, 5) is 30.0. The average Bonchev–Trinajstić information content (AvgIpc) is 2.56. The average molecular weight is 291 g/mol. The molecular formula is C17H13N3O2. The topological polar surface area (TPSA) is 74.8 Å². The fraction of sp³-hybridized carbons (Fsp3) is 0. The standard InChI is InChI=1S/C17H13N3O2/c21-16(13-9-5-2-6-10-13)19-15-14(11-18-17(22)20-15)12-7-3-1-4-8-12/h1-11H,(H2,18,19,20,21,22). The lowest BCUT2D eigenvalue weighted by molar-refractivity contribution is 0.102. The van der Waals surface area contributed by atoms with E-state index in [1.807, 2.05) is 36.4 Å². The molecule has 2 N–H and O–H groups in total. The zero-order valence-electron chi connectivity index (χ0n) is 11.6. The van der Waals surface area contributed by atoms with E-state index in [1.54, 1.807) is 24.3 Å². The number of carbonyl (C=O) groups is 1. The first-order valence-corrected chi connectivity index (χ1v) is 6.75. The Balaban J connectivity index is 1.98. The molecule has 3 rings (SSSR count). The summed E-state index contributed by atoms with van der Waals surface area (Å²) in [6, 6.07) is 18.2. The van der Waals surface area contributed by atoms with E-state index in [0.29, 0.717) is 16.9 Å².